The number of aliphatic hydroxyl groups is 1. The lowest BCUT2D eigenvalue weighted by Gasteiger charge is -2.26. The summed E-state index contributed by atoms with van der Waals surface area (Å²) in [6.45, 7) is 0.850. The summed E-state index contributed by atoms with van der Waals surface area (Å²) in [5.41, 5.74) is 10.6. The number of nitrogens with two attached hydrogens (primary N) is 2. The van der Waals surface area contributed by atoms with Crippen LogP contribution >= 0.6 is 0 Å². The van der Waals surface area contributed by atoms with Crippen LogP contribution in [0.4, 0.5) is 0 Å². The van der Waals surface area contributed by atoms with Crippen LogP contribution < -0.4 is 11.5 Å². The number of carboxylic acids is 1. The largest absolute Gasteiger partial charge is 0.480 e. The van der Waals surface area contributed by atoms with Gasteiger partial charge in [-0.15, -0.1) is 0 Å². The van der Waals surface area contributed by atoms with E-state index in [9.17, 15) is 9.90 Å². The molecule has 1 heterocycles. The van der Waals surface area contributed by atoms with Gasteiger partial charge in [0.05, 0.1) is 6.54 Å². The van der Waals surface area contributed by atoms with Gasteiger partial charge in [-0.25, -0.2) is 0 Å². The fourth-order valence-corrected chi connectivity index (χ4v) is 1.07. The van der Waals surface area contributed by atoms with Crippen molar-refractivity contribution in [2.75, 3.05) is 13.1 Å². The second-order valence-electron chi connectivity index (χ2n) is 2.71. The smallest absolute Gasteiger partial charge is 0.325 e. The van der Waals surface area contributed by atoms with Crippen LogP contribution in [0.1, 0.15) is 0 Å². The van der Waals surface area contributed by atoms with Gasteiger partial charge < -0.3 is 26.6 Å². The van der Waals surface area contributed by atoms with E-state index >= 15 is 0 Å². The first-order chi connectivity index (χ1) is 6.04. The van der Waals surface area contributed by atoms with Crippen molar-refractivity contribution in [3.05, 3.63) is 0 Å². The van der Waals surface area contributed by atoms with E-state index in [0.717, 1.165) is 0 Å². The zero-order valence-electron chi connectivity index (χ0n) is 6.92. The van der Waals surface area contributed by atoms with Gasteiger partial charge in [-0.2, -0.15) is 0 Å². The molecule has 0 fully saturated rings. The van der Waals surface area contributed by atoms with Crippen LogP contribution in [0.25, 0.3) is 0 Å². The fourth-order valence-electron chi connectivity index (χ4n) is 1.07. The number of aliphatic imine (C=N–C) groups is 1. The van der Waals surface area contributed by atoms with E-state index in [4.69, 9.17) is 16.6 Å². The molecule has 1 aliphatic heterocycles. The van der Waals surface area contributed by atoms with Crippen molar-refractivity contribution in [1.82, 2.24) is 4.90 Å². The number of carbonyl (C=O) groups is 1. The maximum Gasteiger partial charge on any atom is 0.325 e. The molecule has 0 radical (unpaired) electrons. The molecule has 0 amide bonds. The van der Waals surface area contributed by atoms with Gasteiger partial charge in [-0.1, -0.05) is 0 Å². The van der Waals surface area contributed by atoms with E-state index in [-0.39, 0.29) is 5.96 Å². The average molecular weight is 188 g/mol. The van der Waals surface area contributed by atoms with Gasteiger partial charge in [0, 0.05) is 6.54 Å². The van der Waals surface area contributed by atoms with Gasteiger partial charge in [0.25, 0.3) is 0 Å². The summed E-state index contributed by atoms with van der Waals surface area (Å²) in [6.07, 6.45) is -1.32. The Morgan fingerprint density at radius 2 is 2.31 bits per heavy atom. The van der Waals surface area contributed by atoms with E-state index in [1.54, 1.807) is 0 Å². The standard InChI is InChI=1S/C6H12N4O3/c7-3(5(12)13)4(11)10-2-1-9-6(10)8/h3-4,11H,1-2,7H2,(H2,8,9)(H,12,13). The molecule has 13 heavy (non-hydrogen) atoms. The number of hydrogen-bond donors (Lipinski definition) is 4. The van der Waals surface area contributed by atoms with Crippen LogP contribution in [0.5, 0.6) is 0 Å². The predicted octanol–water partition coefficient (Wildman–Crippen LogP) is -2.65. The third kappa shape index (κ3) is 1.87. The molecule has 7 heteroatoms. The summed E-state index contributed by atoms with van der Waals surface area (Å²) in [4.78, 5) is 15.5. The fraction of sp³-hybridized carbons (Fsp3) is 0.667. The molecule has 0 saturated carbocycles. The lowest BCUT2D eigenvalue weighted by Crippen LogP contribution is -2.54. The number of hydrogen-bond acceptors (Lipinski definition) is 6. The minimum Gasteiger partial charge on any atom is -0.480 e. The highest BCUT2D eigenvalue weighted by atomic mass is 16.4. The number of rotatable bonds is 3. The molecule has 0 aromatic rings. The van der Waals surface area contributed by atoms with Gasteiger partial charge in [0.15, 0.2) is 12.2 Å². The van der Waals surface area contributed by atoms with Gasteiger partial charge >= 0.3 is 5.97 Å². The Balaban J connectivity index is 2.62. The molecule has 0 aromatic carbocycles. The number of guanidine groups is 1. The molecule has 0 aliphatic carbocycles. The normalized spacial score (nSPS) is 21.1. The molecule has 0 spiro atoms. The molecular formula is C6H12N4O3. The minimum absolute atomic E-state index is 0.129. The summed E-state index contributed by atoms with van der Waals surface area (Å²) in [6, 6.07) is -1.37. The lowest BCUT2D eigenvalue weighted by atomic mass is 10.2. The predicted molar refractivity (Wildman–Crippen MR) is 44.8 cm³/mol. The Morgan fingerprint density at radius 3 is 2.69 bits per heavy atom. The maximum atomic E-state index is 10.4. The van der Waals surface area contributed by atoms with E-state index in [1.807, 2.05) is 0 Å². The number of aliphatic carboxylic acids is 1. The Kier molecular flexibility index (Phi) is 2.69. The molecule has 0 bridgehead atoms. The average Bonchev–Trinajstić information content (AvgIpc) is 2.48. The summed E-state index contributed by atoms with van der Waals surface area (Å²) in [5, 5.41) is 17.9. The number of carboxylic acid groups (broad SMARTS) is 1. The van der Waals surface area contributed by atoms with Crippen molar-refractivity contribution in [1.29, 1.82) is 0 Å². The van der Waals surface area contributed by atoms with Crippen LogP contribution in [0, 0.1) is 0 Å². The third-order valence-electron chi connectivity index (χ3n) is 1.83. The second-order valence-corrected chi connectivity index (χ2v) is 2.71. The molecule has 1 aliphatic rings. The third-order valence-corrected chi connectivity index (χ3v) is 1.83. The summed E-state index contributed by atoms with van der Waals surface area (Å²) in [7, 11) is 0. The van der Waals surface area contributed by atoms with E-state index in [2.05, 4.69) is 4.99 Å². The Labute approximate surface area is 74.6 Å². The van der Waals surface area contributed by atoms with E-state index in [0.29, 0.717) is 13.1 Å². The zero-order valence-corrected chi connectivity index (χ0v) is 6.92. The Bertz CT molecular complexity index is 242. The highest BCUT2D eigenvalue weighted by Gasteiger charge is 2.30. The lowest BCUT2D eigenvalue weighted by molar-refractivity contribution is -0.143. The molecular weight excluding hydrogens is 176 g/mol. The molecule has 0 aromatic heterocycles. The van der Waals surface area contributed by atoms with Crippen LogP contribution in [-0.4, -0.2) is 52.4 Å². The van der Waals surface area contributed by atoms with Crippen molar-refractivity contribution < 1.29 is 15.0 Å². The van der Waals surface area contributed by atoms with Gasteiger partial charge in [0.1, 0.15) is 6.04 Å². The monoisotopic (exact) mass is 188 g/mol. The van der Waals surface area contributed by atoms with Crippen molar-refractivity contribution >= 4 is 11.9 Å². The van der Waals surface area contributed by atoms with Crippen molar-refractivity contribution in [2.45, 2.75) is 12.3 Å². The van der Waals surface area contributed by atoms with E-state index < -0.39 is 18.2 Å². The first-order valence-corrected chi connectivity index (χ1v) is 3.77. The van der Waals surface area contributed by atoms with Crippen LogP contribution in [0.15, 0.2) is 4.99 Å². The number of aliphatic hydroxyl groups excluding tert-OH is 1. The Hall–Kier alpha value is -1.34. The van der Waals surface area contributed by atoms with Crippen molar-refractivity contribution in [3.63, 3.8) is 0 Å². The van der Waals surface area contributed by atoms with Gasteiger partial charge in [0.2, 0.25) is 0 Å². The first kappa shape index (κ1) is 9.75. The molecule has 2 unspecified atom stereocenters. The van der Waals surface area contributed by atoms with Crippen molar-refractivity contribution in [2.24, 2.45) is 16.5 Å². The molecule has 7 nitrogen and oxygen atoms in total. The highest BCUT2D eigenvalue weighted by molar-refractivity contribution is 5.81. The highest BCUT2D eigenvalue weighted by Crippen LogP contribution is 2.05. The maximum absolute atomic E-state index is 10.4. The van der Waals surface area contributed by atoms with Crippen LogP contribution in [-0.2, 0) is 4.79 Å². The van der Waals surface area contributed by atoms with Crippen LogP contribution in [0.3, 0.4) is 0 Å². The molecule has 2 atom stereocenters. The van der Waals surface area contributed by atoms with Crippen molar-refractivity contribution in [3.8, 4) is 0 Å². The molecule has 1 rings (SSSR count). The SMILES string of the molecule is NC1=NCCN1C(O)C(N)C(=O)O. The summed E-state index contributed by atoms with van der Waals surface area (Å²) >= 11 is 0. The van der Waals surface area contributed by atoms with E-state index in [1.165, 1.54) is 4.90 Å². The number of nitrogens with zero attached hydrogens (tertiary/aromatic N) is 2. The molecule has 6 N–H and O–H groups in total. The second kappa shape index (κ2) is 3.58. The topological polar surface area (TPSA) is 125 Å². The molecule has 0 saturated heterocycles. The van der Waals surface area contributed by atoms with Gasteiger partial charge in [-0.3, -0.25) is 9.79 Å². The quantitative estimate of drug-likeness (QED) is 0.383. The van der Waals surface area contributed by atoms with Gasteiger partial charge in [-0.05, 0) is 0 Å². The first-order valence-electron chi connectivity index (χ1n) is 3.77. The summed E-state index contributed by atoms with van der Waals surface area (Å²) < 4.78 is 0. The Morgan fingerprint density at radius 1 is 1.69 bits per heavy atom. The molecule has 74 valence electrons. The van der Waals surface area contributed by atoms with Crippen LogP contribution in [0.2, 0.25) is 0 Å². The zero-order chi connectivity index (χ0) is 10.0. The minimum atomic E-state index is -1.37. The summed E-state index contributed by atoms with van der Waals surface area (Å²) in [5.74, 6) is -1.14.